The van der Waals surface area contributed by atoms with Crippen LogP contribution in [0.15, 0.2) is 49.0 Å². The van der Waals surface area contributed by atoms with Gasteiger partial charge in [0.2, 0.25) is 0 Å². The maximum absolute atomic E-state index is 13.0. The SMILES string of the molecule is COc1ccc(O)c([C@H]2C3=CCn4c(=O)n(C)c(=O)n4[C@@H]3Cn3c(=O)n(C)c(=O)n32)c1. The van der Waals surface area contributed by atoms with Gasteiger partial charge < -0.3 is 9.84 Å². The zero-order chi connectivity index (χ0) is 22.2. The highest BCUT2D eigenvalue weighted by atomic mass is 16.5. The lowest BCUT2D eigenvalue weighted by Crippen LogP contribution is -2.46. The van der Waals surface area contributed by atoms with Crippen LogP contribution in [0.3, 0.4) is 0 Å². The van der Waals surface area contributed by atoms with Crippen LogP contribution in [-0.2, 0) is 27.2 Å². The van der Waals surface area contributed by atoms with Gasteiger partial charge in [0, 0.05) is 19.7 Å². The Hall–Kier alpha value is -3.96. The largest absolute Gasteiger partial charge is 0.508 e. The molecule has 31 heavy (non-hydrogen) atoms. The van der Waals surface area contributed by atoms with E-state index in [1.54, 1.807) is 18.2 Å². The van der Waals surface area contributed by atoms with Crippen LogP contribution >= 0.6 is 0 Å². The summed E-state index contributed by atoms with van der Waals surface area (Å²) in [5, 5.41) is 10.6. The Morgan fingerprint density at radius 3 is 2.26 bits per heavy atom. The number of allylic oxidation sites excluding steroid dienone is 2. The molecule has 2 aliphatic heterocycles. The average Bonchev–Trinajstić information content (AvgIpc) is 3.13. The van der Waals surface area contributed by atoms with Gasteiger partial charge in [-0.15, -0.1) is 0 Å². The van der Waals surface area contributed by atoms with Crippen molar-refractivity contribution in [1.29, 1.82) is 0 Å². The van der Waals surface area contributed by atoms with E-state index in [1.807, 2.05) is 0 Å². The number of aromatic nitrogens is 6. The first-order chi connectivity index (χ1) is 14.8. The number of phenolic OH excluding ortho intramolecular Hbond substituents is 1. The molecule has 0 bridgehead atoms. The standard InChI is InChI=1S/C19H20N6O6/c1-20-16(27)22-7-6-11-13(24(22)18(20)29)9-23-17(28)21(2)19(30)25(23)15(11)12-8-10(31-3)4-5-14(12)26/h4-6,8,13,15,26H,7,9H2,1-3H3/t13-,15-/m1/s1. The third-order valence-corrected chi connectivity index (χ3v) is 6.12. The van der Waals surface area contributed by atoms with E-state index >= 15 is 0 Å². The molecule has 2 aromatic heterocycles. The van der Waals surface area contributed by atoms with Crippen LogP contribution in [0.1, 0.15) is 17.6 Å². The second-order valence-corrected chi connectivity index (χ2v) is 7.65. The van der Waals surface area contributed by atoms with Gasteiger partial charge in [0.25, 0.3) is 0 Å². The molecule has 2 aliphatic rings. The quantitative estimate of drug-likeness (QED) is 0.496. The van der Waals surface area contributed by atoms with Crippen LogP contribution in [0.2, 0.25) is 0 Å². The highest BCUT2D eigenvalue weighted by molar-refractivity contribution is 5.46. The van der Waals surface area contributed by atoms with Crippen LogP contribution < -0.4 is 27.5 Å². The van der Waals surface area contributed by atoms with Crippen LogP contribution in [0.25, 0.3) is 0 Å². The van der Waals surface area contributed by atoms with E-state index in [9.17, 15) is 24.3 Å². The molecule has 4 heterocycles. The van der Waals surface area contributed by atoms with Gasteiger partial charge in [0.1, 0.15) is 17.5 Å². The molecule has 5 rings (SSSR count). The Morgan fingerprint density at radius 2 is 1.58 bits per heavy atom. The average molecular weight is 428 g/mol. The minimum Gasteiger partial charge on any atom is -0.508 e. The lowest BCUT2D eigenvalue weighted by Gasteiger charge is -2.37. The summed E-state index contributed by atoms with van der Waals surface area (Å²) in [4.78, 5) is 51.0. The minimum atomic E-state index is -0.869. The van der Waals surface area contributed by atoms with Crippen LogP contribution in [0, 0.1) is 0 Å². The Bertz CT molecular complexity index is 1510. The van der Waals surface area contributed by atoms with Gasteiger partial charge in [-0.25, -0.2) is 47.0 Å². The molecule has 0 unspecified atom stereocenters. The smallest absolute Gasteiger partial charge is 0.347 e. The van der Waals surface area contributed by atoms with E-state index in [0.29, 0.717) is 16.9 Å². The normalized spacial score (nSPS) is 19.4. The molecule has 0 radical (unpaired) electrons. The van der Waals surface area contributed by atoms with E-state index in [4.69, 9.17) is 4.74 Å². The van der Waals surface area contributed by atoms with E-state index < -0.39 is 34.8 Å². The van der Waals surface area contributed by atoms with Crippen molar-refractivity contribution in [2.24, 2.45) is 14.1 Å². The summed E-state index contributed by atoms with van der Waals surface area (Å²) in [5.74, 6) is 0.364. The fourth-order valence-electron chi connectivity index (χ4n) is 4.53. The number of methoxy groups -OCH3 is 1. The first-order valence-corrected chi connectivity index (χ1v) is 9.59. The number of nitrogens with zero attached hydrogens (tertiary/aromatic N) is 6. The lowest BCUT2D eigenvalue weighted by molar-refractivity contribution is 0.243. The molecule has 1 N–H and O–H groups in total. The topological polar surface area (TPSA) is 127 Å². The van der Waals surface area contributed by atoms with Crippen molar-refractivity contribution in [3.8, 4) is 11.5 Å². The number of phenols is 1. The van der Waals surface area contributed by atoms with Gasteiger partial charge >= 0.3 is 22.8 Å². The second-order valence-electron chi connectivity index (χ2n) is 7.65. The highest BCUT2D eigenvalue weighted by Crippen LogP contribution is 2.42. The van der Waals surface area contributed by atoms with Crippen LogP contribution in [0.5, 0.6) is 11.5 Å². The molecule has 162 valence electrons. The highest BCUT2D eigenvalue weighted by Gasteiger charge is 2.41. The number of benzene rings is 1. The molecule has 12 nitrogen and oxygen atoms in total. The molecule has 0 aliphatic carbocycles. The van der Waals surface area contributed by atoms with Crippen molar-refractivity contribution in [3.05, 3.63) is 77.3 Å². The van der Waals surface area contributed by atoms with Crippen LogP contribution in [-0.4, -0.2) is 40.1 Å². The monoisotopic (exact) mass is 428 g/mol. The number of rotatable bonds is 2. The van der Waals surface area contributed by atoms with E-state index in [1.165, 1.54) is 46.0 Å². The summed E-state index contributed by atoms with van der Waals surface area (Å²) in [5.41, 5.74) is -1.13. The molecule has 0 saturated carbocycles. The van der Waals surface area contributed by atoms with Gasteiger partial charge in [-0.05, 0) is 23.8 Å². The van der Waals surface area contributed by atoms with Crippen molar-refractivity contribution >= 4 is 0 Å². The van der Waals surface area contributed by atoms with E-state index in [0.717, 1.165) is 9.13 Å². The molecule has 1 aromatic carbocycles. The number of hydrogen-bond acceptors (Lipinski definition) is 6. The predicted octanol–water partition coefficient (Wildman–Crippen LogP) is -1.49. The van der Waals surface area contributed by atoms with Crippen molar-refractivity contribution in [2.45, 2.75) is 25.2 Å². The zero-order valence-electron chi connectivity index (χ0n) is 17.1. The molecule has 2 atom stereocenters. The summed E-state index contributed by atoms with van der Waals surface area (Å²) >= 11 is 0. The lowest BCUT2D eigenvalue weighted by atomic mass is 9.89. The van der Waals surface area contributed by atoms with Crippen LogP contribution in [0.4, 0.5) is 0 Å². The Morgan fingerprint density at radius 1 is 0.935 bits per heavy atom. The number of aromatic hydroxyl groups is 1. The van der Waals surface area contributed by atoms with Gasteiger partial charge in [0.15, 0.2) is 0 Å². The van der Waals surface area contributed by atoms with Crippen molar-refractivity contribution in [1.82, 2.24) is 27.9 Å². The molecule has 0 saturated heterocycles. The van der Waals surface area contributed by atoms with Crippen molar-refractivity contribution in [3.63, 3.8) is 0 Å². The Labute approximate surface area is 173 Å². The molecule has 0 spiro atoms. The fraction of sp³-hybridized carbons (Fsp3) is 0.368. The third kappa shape index (κ3) is 2.35. The first kappa shape index (κ1) is 19.0. The maximum Gasteiger partial charge on any atom is 0.347 e. The summed E-state index contributed by atoms with van der Waals surface area (Å²) in [6.07, 6.45) is 1.77. The zero-order valence-corrected chi connectivity index (χ0v) is 17.1. The Kier molecular flexibility index (Phi) is 3.85. The summed E-state index contributed by atoms with van der Waals surface area (Å²) in [6, 6.07) is 3.06. The number of ether oxygens (including phenoxy) is 1. The number of fused-ring (bicyclic) bond motifs is 4. The third-order valence-electron chi connectivity index (χ3n) is 6.12. The van der Waals surface area contributed by atoms with Gasteiger partial charge in [0.05, 0.1) is 26.2 Å². The molecule has 0 amide bonds. The minimum absolute atomic E-state index is 0.00859. The summed E-state index contributed by atoms with van der Waals surface area (Å²) < 4.78 is 12.4. The molecule has 3 aromatic rings. The molecule has 12 heteroatoms. The van der Waals surface area contributed by atoms with E-state index in [2.05, 4.69) is 0 Å². The Balaban J connectivity index is 1.85. The molecular weight excluding hydrogens is 408 g/mol. The van der Waals surface area contributed by atoms with Gasteiger partial charge in [-0.2, -0.15) is 0 Å². The molecule has 0 fully saturated rings. The molecular formula is C19H20N6O6. The first-order valence-electron chi connectivity index (χ1n) is 9.59. The van der Waals surface area contributed by atoms with Gasteiger partial charge in [-0.3, -0.25) is 0 Å². The maximum atomic E-state index is 13.0. The van der Waals surface area contributed by atoms with Crippen molar-refractivity contribution < 1.29 is 9.84 Å². The van der Waals surface area contributed by atoms with Crippen molar-refractivity contribution in [2.75, 3.05) is 7.11 Å². The van der Waals surface area contributed by atoms with E-state index in [-0.39, 0.29) is 18.8 Å². The predicted molar refractivity (Wildman–Crippen MR) is 108 cm³/mol. The number of hydrogen-bond donors (Lipinski definition) is 1. The van der Waals surface area contributed by atoms with Gasteiger partial charge in [-0.1, -0.05) is 6.08 Å². The second kappa shape index (κ2) is 6.27. The fourth-order valence-corrected chi connectivity index (χ4v) is 4.53. The summed E-state index contributed by atoms with van der Waals surface area (Å²) in [7, 11) is 4.24. The summed E-state index contributed by atoms with van der Waals surface area (Å²) in [6.45, 7) is 0.110.